The Kier molecular flexibility index (Phi) is 6.63. The first kappa shape index (κ1) is 18.2. The van der Waals surface area contributed by atoms with E-state index >= 15 is 0 Å². The Morgan fingerprint density at radius 3 is 2.68 bits per heavy atom. The van der Waals surface area contributed by atoms with Crippen LogP contribution >= 0.6 is 0 Å². The number of halogens is 3. The van der Waals surface area contributed by atoms with Crippen molar-refractivity contribution in [2.75, 3.05) is 20.3 Å². The van der Waals surface area contributed by atoms with E-state index in [0.717, 1.165) is 5.56 Å². The van der Waals surface area contributed by atoms with Crippen LogP contribution in [0.3, 0.4) is 0 Å². The Hall–Kier alpha value is -1.80. The molecule has 0 radical (unpaired) electrons. The van der Waals surface area contributed by atoms with Crippen molar-refractivity contribution in [1.82, 2.24) is 5.32 Å². The summed E-state index contributed by atoms with van der Waals surface area (Å²) >= 11 is 0. The van der Waals surface area contributed by atoms with Gasteiger partial charge in [-0.05, 0) is 18.6 Å². The highest BCUT2D eigenvalue weighted by atomic mass is 19.4. The third kappa shape index (κ3) is 6.31. The average molecular weight is 320 g/mol. The minimum atomic E-state index is -4.43. The number of hydrogen-bond acceptors (Lipinski definition) is 4. The smallest absolute Gasteiger partial charge is 0.422 e. The maximum Gasteiger partial charge on any atom is 0.422 e. The normalized spacial score (nSPS) is 12.8. The molecule has 0 saturated carbocycles. The molecule has 0 aliphatic heterocycles. The zero-order valence-electron chi connectivity index (χ0n) is 12.4. The van der Waals surface area contributed by atoms with Crippen LogP contribution in [-0.4, -0.2) is 38.4 Å². The maximum atomic E-state index is 12.3. The zero-order chi connectivity index (χ0) is 16.8. The monoisotopic (exact) mass is 320 g/mol. The summed E-state index contributed by atoms with van der Waals surface area (Å²) in [4.78, 5) is 11.7. The number of nitrogens with one attached hydrogen (secondary N) is 1. The Morgan fingerprint density at radius 1 is 1.41 bits per heavy atom. The molecular weight excluding hydrogens is 301 g/mol. The van der Waals surface area contributed by atoms with Crippen molar-refractivity contribution in [1.29, 1.82) is 0 Å². The standard InChI is InChI=1S/C14H19F3N2O3/c1-9-3-4-10(6-19-13(20)11(18)7-21-2)12(5-9)22-8-14(15,16)17/h3-5,11H,6-8,18H2,1-2H3,(H,19,20). The van der Waals surface area contributed by atoms with Gasteiger partial charge >= 0.3 is 6.18 Å². The predicted octanol–water partition coefficient (Wildman–Crippen LogP) is 1.53. The van der Waals surface area contributed by atoms with Crippen LogP contribution in [0.25, 0.3) is 0 Å². The number of carbonyl (C=O) groups excluding carboxylic acids is 1. The number of benzene rings is 1. The number of methoxy groups -OCH3 is 1. The highest BCUT2D eigenvalue weighted by Crippen LogP contribution is 2.23. The van der Waals surface area contributed by atoms with E-state index in [1.54, 1.807) is 19.1 Å². The number of hydrogen-bond donors (Lipinski definition) is 2. The Balaban J connectivity index is 2.71. The van der Waals surface area contributed by atoms with Crippen LogP contribution in [0.15, 0.2) is 18.2 Å². The summed E-state index contributed by atoms with van der Waals surface area (Å²) in [6.45, 7) is 0.415. The molecule has 1 amide bonds. The van der Waals surface area contributed by atoms with Crippen LogP contribution in [0, 0.1) is 6.92 Å². The van der Waals surface area contributed by atoms with Crippen LogP contribution in [0.5, 0.6) is 5.75 Å². The lowest BCUT2D eigenvalue weighted by Gasteiger charge is -2.16. The second-order valence-electron chi connectivity index (χ2n) is 4.79. The minimum absolute atomic E-state index is 0.0176. The molecule has 0 aromatic heterocycles. The molecular formula is C14H19F3N2O3. The molecule has 0 bridgehead atoms. The lowest BCUT2D eigenvalue weighted by molar-refractivity contribution is -0.153. The quantitative estimate of drug-likeness (QED) is 0.799. The number of nitrogens with two attached hydrogens (primary N) is 1. The van der Waals surface area contributed by atoms with Crippen LogP contribution in [0.1, 0.15) is 11.1 Å². The first-order valence-corrected chi connectivity index (χ1v) is 6.54. The van der Waals surface area contributed by atoms with Gasteiger partial charge in [-0.2, -0.15) is 13.2 Å². The lowest BCUT2D eigenvalue weighted by atomic mass is 10.1. The zero-order valence-corrected chi connectivity index (χ0v) is 12.4. The van der Waals surface area contributed by atoms with Crippen molar-refractivity contribution >= 4 is 5.91 Å². The molecule has 22 heavy (non-hydrogen) atoms. The maximum absolute atomic E-state index is 12.3. The minimum Gasteiger partial charge on any atom is -0.484 e. The Labute approximate surface area is 126 Å². The number of carbonyl (C=O) groups is 1. The summed E-state index contributed by atoms with van der Waals surface area (Å²) in [5.41, 5.74) is 6.74. The third-order valence-electron chi connectivity index (χ3n) is 2.75. The number of aryl methyl sites for hydroxylation is 1. The van der Waals surface area contributed by atoms with E-state index in [4.69, 9.17) is 15.2 Å². The molecule has 1 unspecified atom stereocenters. The van der Waals surface area contributed by atoms with E-state index in [0.29, 0.717) is 5.56 Å². The molecule has 8 heteroatoms. The largest absolute Gasteiger partial charge is 0.484 e. The van der Waals surface area contributed by atoms with E-state index in [1.807, 2.05) is 0 Å². The van der Waals surface area contributed by atoms with E-state index in [-0.39, 0.29) is 18.9 Å². The van der Waals surface area contributed by atoms with Gasteiger partial charge in [0.1, 0.15) is 11.8 Å². The molecule has 1 aromatic carbocycles. The molecule has 3 N–H and O–H groups in total. The van der Waals surface area contributed by atoms with Crippen molar-refractivity contribution in [2.24, 2.45) is 5.73 Å². The van der Waals surface area contributed by atoms with Gasteiger partial charge in [-0.15, -0.1) is 0 Å². The number of alkyl halides is 3. The van der Waals surface area contributed by atoms with Gasteiger partial charge in [0.2, 0.25) is 5.91 Å². The summed E-state index contributed by atoms with van der Waals surface area (Å²) < 4.78 is 46.3. The van der Waals surface area contributed by atoms with Crippen LogP contribution in [-0.2, 0) is 16.1 Å². The molecule has 0 spiro atoms. The first-order valence-electron chi connectivity index (χ1n) is 6.54. The molecule has 0 saturated heterocycles. The molecule has 1 atom stereocenters. The highest BCUT2D eigenvalue weighted by Gasteiger charge is 2.28. The fraction of sp³-hybridized carbons (Fsp3) is 0.500. The van der Waals surface area contributed by atoms with Gasteiger partial charge in [0.05, 0.1) is 6.61 Å². The molecule has 1 aromatic rings. The van der Waals surface area contributed by atoms with Crippen LogP contribution in [0.4, 0.5) is 13.2 Å². The van der Waals surface area contributed by atoms with Gasteiger partial charge in [0.25, 0.3) is 0 Å². The predicted molar refractivity (Wildman–Crippen MR) is 74.4 cm³/mol. The summed E-state index contributed by atoms with van der Waals surface area (Å²) in [5, 5.41) is 2.54. The molecule has 0 heterocycles. The summed E-state index contributed by atoms with van der Waals surface area (Å²) in [5.74, 6) is -0.373. The Morgan fingerprint density at radius 2 is 2.09 bits per heavy atom. The molecule has 5 nitrogen and oxygen atoms in total. The topological polar surface area (TPSA) is 73.6 Å². The molecule has 1 rings (SSSR count). The first-order chi connectivity index (χ1) is 10.2. The average Bonchev–Trinajstić information content (AvgIpc) is 2.43. The second-order valence-corrected chi connectivity index (χ2v) is 4.79. The van der Waals surface area contributed by atoms with E-state index in [9.17, 15) is 18.0 Å². The van der Waals surface area contributed by atoms with Crippen molar-refractivity contribution in [3.8, 4) is 5.75 Å². The second kappa shape index (κ2) is 8.00. The molecule has 0 aliphatic carbocycles. The van der Waals surface area contributed by atoms with Crippen molar-refractivity contribution < 1.29 is 27.4 Å². The van der Waals surface area contributed by atoms with Crippen LogP contribution in [0.2, 0.25) is 0 Å². The fourth-order valence-corrected chi connectivity index (χ4v) is 1.67. The van der Waals surface area contributed by atoms with Crippen molar-refractivity contribution in [2.45, 2.75) is 25.7 Å². The summed E-state index contributed by atoms with van der Waals surface area (Å²) in [7, 11) is 1.41. The van der Waals surface area contributed by atoms with Crippen LogP contribution < -0.4 is 15.8 Å². The van der Waals surface area contributed by atoms with E-state index < -0.39 is 24.7 Å². The SMILES string of the molecule is COCC(N)C(=O)NCc1ccc(C)cc1OCC(F)(F)F. The van der Waals surface area contributed by atoms with E-state index in [2.05, 4.69) is 5.32 Å². The third-order valence-corrected chi connectivity index (χ3v) is 2.75. The van der Waals surface area contributed by atoms with E-state index in [1.165, 1.54) is 13.2 Å². The van der Waals surface area contributed by atoms with Crippen molar-refractivity contribution in [3.05, 3.63) is 29.3 Å². The molecule has 124 valence electrons. The van der Waals surface area contributed by atoms with Gasteiger partial charge in [0.15, 0.2) is 6.61 Å². The van der Waals surface area contributed by atoms with Gasteiger partial charge in [-0.25, -0.2) is 0 Å². The molecule has 0 aliphatic rings. The fourth-order valence-electron chi connectivity index (χ4n) is 1.67. The van der Waals surface area contributed by atoms with Crippen molar-refractivity contribution in [3.63, 3.8) is 0 Å². The molecule has 0 fully saturated rings. The van der Waals surface area contributed by atoms with Gasteiger partial charge in [0, 0.05) is 19.2 Å². The highest BCUT2D eigenvalue weighted by molar-refractivity contribution is 5.81. The number of rotatable bonds is 7. The summed E-state index contributed by atoms with van der Waals surface area (Å²) in [6.07, 6.45) is -4.43. The number of ether oxygens (including phenoxy) is 2. The van der Waals surface area contributed by atoms with Gasteiger partial charge in [-0.3, -0.25) is 4.79 Å². The number of amides is 1. The summed E-state index contributed by atoms with van der Waals surface area (Å²) in [6, 6.07) is 3.97. The lowest BCUT2D eigenvalue weighted by Crippen LogP contribution is -2.43. The Bertz CT molecular complexity index is 507. The van der Waals surface area contributed by atoms with Gasteiger partial charge in [-0.1, -0.05) is 12.1 Å². The van der Waals surface area contributed by atoms with Gasteiger partial charge < -0.3 is 20.5 Å².